The minimum Gasteiger partial charge on any atom is -0.380 e. The smallest absolute Gasteiger partial charge is 0.222 e. The average Bonchev–Trinajstić information content (AvgIpc) is 2.17. The molecule has 4 heteroatoms. The lowest BCUT2D eigenvalue weighted by atomic mass is 10.4. The summed E-state index contributed by atoms with van der Waals surface area (Å²) in [5.74, 6) is 0.0639. The van der Waals surface area contributed by atoms with Crippen LogP contribution in [0, 0.1) is 0 Å². The summed E-state index contributed by atoms with van der Waals surface area (Å²) in [4.78, 5) is 11.0. The van der Waals surface area contributed by atoms with Crippen molar-refractivity contribution in [1.29, 1.82) is 0 Å². The summed E-state index contributed by atoms with van der Waals surface area (Å²) in [6.07, 6.45) is 1.60. The highest BCUT2D eigenvalue weighted by molar-refractivity contribution is 5.75. The highest BCUT2D eigenvalue weighted by atomic mass is 16.5. The number of carbonyl (C=O) groups excluding carboxylic acids is 1. The van der Waals surface area contributed by atoms with Crippen LogP contribution >= 0.6 is 0 Å². The Morgan fingerprint density at radius 1 is 1.21 bits per heavy atom. The summed E-state index contributed by atoms with van der Waals surface area (Å²) in [6, 6.07) is 0. The van der Waals surface area contributed by atoms with Gasteiger partial charge in [0.2, 0.25) is 5.91 Å². The van der Waals surface area contributed by atoms with E-state index in [2.05, 4.69) is 17.6 Å². The molecular formula is C10H22N2O2. The normalized spacial score (nSPS) is 10.1. The van der Waals surface area contributed by atoms with Crippen LogP contribution in [0.1, 0.15) is 26.7 Å². The largest absolute Gasteiger partial charge is 0.380 e. The van der Waals surface area contributed by atoms with E-state index in [1.165, 1.54) is 0 Å². The number of amides is 1. The van der Waals surface area contributed by atoms with Crippen molar-refractivity contribution in [3.05, 3.63) is 0 Å². The zero-order valence-electron chi connectivity index (χ0n) is 9.27. The summed E-state index contributed by atoms with van der Waals surface area (Å²) in [6.45, 7) is 7.81. The van der Waals surface area contributed by atoms with E-state index < -0.39 is 0 Å². The first-order chi connectivity index (χ1) is 6.81. The third-order valence-corrected chi connectivity index (χ3v) is 1.70. The molecule has 0 aromatic heterocycles. The first kappa shape index (κ1) is 13.4. The van der Waals surface area contributed by atoms with E-state index in [1.807, 2.05) is 6.92 Å². The van der Waals surface area contributed by atoms with Crippen molar-refractivity contribution >= 4 is 5.91 Å². The molecule has 0 atom stereocenters. The molecule has 0 aliphatic carbocycles. The fourth-order valence-electron chi connectivity index (χ4n) is 0.999. The van der Waals surface area contributed by atoms with Crippen LogP contribution in [-0.2, 0) is 9.53 Å². The predicted octanol–water partition coefficient (Wildman–Crippen LogP) is 0.529. The fraction of sp³-hybridized carbons (Fsp3) is 0.900. The van der Waals surface area contributed by atoms with Crippen molar-refractivity contribution < 1.29 is 9.53 Å². The number of hydrogen-bond donors (Lipinski definition) is 2. The second-order valence-corrected chi connectivity index (χ2v) is 3.07. The van der Waals surface area contributed by atoms with Gasteiger partial charge in [-0.25, -0.2) is 0 Å². The van der Waals surface area contributed by atoms with E-state index in [4.69, 9.17) is 4.74 Å². The van der Waals surface area contributed by atoms with E-state index in [1.54, 1.807) is 0 Å². The van der Waals surface area contributed by atoms with Gasteiger partial charge in [0.05, 0.1) is 13.2 Å². The second-order valence-electron chi connectivity index (χ2n) is 3.07. The topological polar surface area (TPSA) is 50.4 Å². The number of carbonyl (C=O) groups is 1. The van der Waals surface area contributed by atoms with Crippen LogP contribution in [-0.4, -0.2) is 38.8 Å². The van der Waals surface area contributed by atoms with Gasteiger partial charge < -0.3 is 15.4 Å². The van der Waals surface area contributed by atoms with Gasteiger partial charge in [0.25, 0.3) is 0 Å². The Kier molecular flexibility index (Phi) is 10.0. The third kappa shape index (κ3) is 9.48. The summed E-state index contributed by atoms with van der Waals surface area (Å²) >= 11 is 0. The molecular weight excluding hydrogens is 180 g/mol. The molecule has 0 spiro atoms. The maximum atomic E-state index is 11.0. The third-order valence-electron chi connectivity index (χ3n) is 1.70. The first-order valence-electron chi connectivity index (χ1n) is 5.36. The van der Waals surface area contributed by atoms with Crippen molar-refractivity contribution in [3.63, 3.8) is 0 Å². The lowest BCUT2D eigenvalue weighted by Crippen LogP contribution is -2.25. The van der Waals surface area contributed by atoms with E-state index in [9.17, 15) is 4.79 Å². The highest BCUT2D eigenvalue weighted by Crippen LogP contribution is 1.82. The summed E-state index contributed by atoms with van der Waals surface area (Å²) in [5.41, 5.74) is 0. The molecule has 0 bridgehead atoms. The summed E-state index contributed by atoms with van der Waals surface area (Å²) in [7, 11) is 0. The Labute approximate surface area is 86.4 Å². The Hall–Kier alpha value is -0.610. The molecule has 84 valence electrons. The molecule has 0 aliphatic rings. The fourth-order valence-corrected chi connectivity index (χ4v) is 0.999. The molecule has 0 aromatic rings. The quantitative estimate of drug-likeness (QED) is 0.536. The van der Waals surface area contributed by atoms with Gasteiger partial charge >= 0.3 is 0 Å². The molecule has 0 heterocycles. The average molecular weight is 202 g/mol. The summed E-state index contributed by atoms with van der Waals surface area (Å²) < 4.78 is 5.27. The van der Waals surface area contributed by atoms with Crippen LogP contribution in [0.3, 0.4) is 0 Å². The maximum Gasteiger partial charge on any atom is 0.222 e. The van der Waals surface area contributed by atoms with E-state index >= 15 is 0 Å². The van der Waals surface area contributed by atoms with Gasteiger partial charge in [0.15, 0.2) is 0 Å². The SMILES string of the molecule is CCCNCCOCCC(=O)NCC. The van der Waals surface area contributed by atoms with Crippen LogP contribution in [0.2, 0.25) is 0 Å². The van der Waals surface area contributed by atoms with Gasteiger partial charge in [-0.3, -0.25) is 4.79 Å². The minimum atomic E-state index is 0.0639. The van der Waals surface area contributed by atoms with Crippen molar-refractivity contribution in [2.24, 2.45) is 0 Å². The number of ether oxygens (including phenoxy) is 1. The van der Waals surface area contributed by atoms with Crippen LogP contribution in [0.15, 0.2) is 0 Å². The van der Waals surface area contributed by atoms with Gasteiger partial charge in [0.1, 0.15) is 0 Å². The molecule has 0 radical (unpaired) electrons. The van der Waals surface area contributed by atoms with Crippen LogP contribution < -0.4 is 10.6 Å². The van der Waals surface area contributed by atoms with Gasteiger partial charge in [-0.1, -0.05) is 6.92 Å². The van der Waals surface area contributed by atoms with Crippen LogP contribution in [0.25, 0.3) is 0 Å². The zero-order chi connectivity index (χ0) is 10.6. The number of rotatable bonds is 9. The molecule has 0 aliphatic heterocycles. The minimum absolute atomic E-state index is 0.0639. The lowest BCUT2D eigenvalue weighted by Gasteiger charge is -2.05. The van der Waals surface area contributed by atoms with Gasteiger partial charge in [-0.05, 0) is 19.9 Å². The zero-order valence-corrected chi connectivity index (χ0v) is 9.27. The monoisotopic (exact) mass is 202 g/mol. The van der Waals surface area contributed by atoms with Gasteiger partial charge in [0, 0.05) is 19.5 Å². The highest BCUT2D eigenvalue weighted by Gasteiger charge is 1.97. The predicted molar refractivity (Wildman–Crippen MR) is 57.3 cm³/mol. The second kappa shape index (κ2) is 10.5. The molecule has 1 amide bonds. The Morgan fingerprint density at radius 3 is 2.64 bits per heavy atom. The van der Waals surface area contributed by atoms with Crippen molar-refractivity contribution in [1.82, 2.24) is 10.6 Å². The van der Waals surface area contributed by atoms with E-state index in [-0.39, 0.29) is 5.91 Å². The summed E-state index contributed by atoms with van der Waals surface area (Å²) in [5, 5.41) is 5.94. The van der Waals surface area contributed by atoms with Gasteiger partial charge in [-0.15, -0.1) is 0 Å². The first-order valence-corrected chi connectivity index (χ1v) is 5.36. The van der Waals surface area contributed by atoms with Crippen LogP contribution in [0.5, 0.6) is 0 Å². The number of nitrogens with one attached hydrogen (secondary N) is 2. The molecule has 14 heavy (non-hydrogen) atoms. The number of hydrogen-bond acceptors (Lipinski definition) is 3. The molecule has 0 saturated heterocycles. The van der Waals surface area contributed by atoms with Crippen molar-refractivity contribution in [3.8, 4) is 0 Å². The molecule has 0 aromatic carbocycles. The molecule has 4 nitrogen and oxygen atoms in total. The standard InChI is InChI=1S/C10H22N2O2/c1-3-6-11-7-9-14-8-5-10(13)12-4-2/h11H,3-9H2,1-2H3,(H,12,13). The van der Waals surface area contributed by atoms with E-state index in [0.717, 1.165) is 19.5 Å². The molecule has 2 N–H and O–H groups in total. The Bertz CT molecular complexity index is 140. The lowest BCUT2D eigenvalue weighted by molar-refractivity contribution is -0.122. The maximum absolute atomic E-state index is 11.0. The molecule has 0 unspecified atom stereocenters. The molecule has 0 saturated carbocycles. The van der Waals surface area contributed by atoms with Crippen LogP contribution in [0.4, 0.5) is 0 Å². The Morgan fingerprint density at radius 2 is 2.00 bits per heavy atom. The molecule has 0 rings (SSSR count). The van der Waals surface area contributed by atoms with Crippen molar-refractivity contribution in [2.75, 3.05) is 32.8 Å². The molecule has 0 fully saturated rings. The van der Waals surface area contributed by atoms with E-state index in [0.29, 0.717) is 26.2 Å². The van der Waals surface area contributed by atoms with Crippen molar-refractivity contribution in [2.45, 2.75) is 26.7 Å². The Balaban J connectivity index is 3.01. The van der Waals surface area contributed by atoms with Gasteiger partial charge in [-0.2, -0.15) is 0 Å².